The molecule has 1 N–H and O–H groups in total. The summed E-state index contributed by atoms with van der Waals surface area (Å²) in [4.78, 5) is 22.3. The third kappa shape index (κ3) is 4.96. The number of anilines is 1. The second-order valence-corrected chi connectivity index (χ2v) is 6.28. The number of carbonyl (C=O) groups is 1. The van der Waals surface area contributed by atoms with Crippen LogP contribution in [-0.4, -0.2) is 40.6 Å². The SMILES string of the molecule is C#Cc1ccc(COC(=O)N2CCC(CNc3ncccn3)CC2)cc1. The van der Waals surface area contributed by atoms with Gasteiger partial charge in [-0.15, -0.1) is 6.42 Å². The topological polar surface area (TPSA) is 67.3 Å². The molecule has 1 amide bonds. The summed E-state index contributed by atoms with van der Waals surface area (Å²) >= 11 is 0. The molecule has 0 saturated carbocycles. The second kappa shape index (κ2) is 8.86. The normalized spacial score (nSPS) is 14.5. The maximum atomic E-state index is 12.2. The molecular formula is C20H22N4O2. The van der Waals surface area contributed by atoms with Gasteiger partial charge in [-0.05, 0) is 42.5 Å². The lowest BCUT2D eigenvalue weighted by atomic mass is 9.97. The van der Waals surface area contributed by atoms with Crippen LogP contribution >= 0.6 is 0 Å². The van der Waals surface area contributed by atoms with Gasteiger partial charge in [-0.25, -0.2) is 14.8 Å². The number of carbonyl (C=O) groups excluding carboxylic acids is 1. The summed E-state index contributed by atoms with van der Waals surface area (Å²) in [5.74, 6) is 3.71. The van der Waals surface area contributed by atoms with Crippen molar-refractivity contribution in [2.75, 3.05) is 25.0 Å². The fourth-order valence-corrected chi connectivity index (χ4v) is 2.88. The summed E-state index contributed by atoms with van der Waals surface area (Å²) < 4.78 is 5.41. The molecule has 0 aliphatic carbocycles. The number of hydrogen-bond acceptors (Lipinski definition) is 5. The van der Waals surface area contributed by atoms with Gasteiger partial charge in [-0.2, -0.15) is 0 Å². The average Bonchev–Trinajstić information content (AvgIpc) is 2.72. The highest BCUT2D eigenvalue weighted by Crippen LogP contribution is 2.18. The van der Waals surface area contributed by atoms with Crippen molar-refractivity contribution >= 4 is 12.0 Å². The maximum absolute atomic E-state index is 12.2. The van der Waals surface area contributed by atoms with Crippen LogP contribution in [0.3, 0.4) is 0 Å². The predicted octanol–water partition coefficient (Wildman–Crippen LogP) is 2.92. The van der Waals surface area contributed by atoms with Crippen molar-refractivity contribution in [2.24, 2.45) is 5.92 Å². The van der Waals surface area contributed by atoms with Gasteiger partial charge in [-0.3, -0.25) is 0 Å². The zero-order valence-electron chi connectivity index (χ0n) is 14.6. The number of piperidine rings is 1. The summed E-state index contributed by atoms with van der Waals surface area (Å²) in [5, 5.41) is 3.24. The molecule has 1 aliphatic heterocycles. The Labute approximate surface area is 153 Å². The second-order valence-electron chi connectivity index (χ2n) is 6.28. The summed E-state index contributed by atoms with van der Waals surface area (Å²) in [7, 11) is 0. The monoisotopic (exact) mass is 350 g/mol. The number of amides is 1. The van der Waals surface area contributed by atoms with E-state index in [1.54, 1.807) is 23.4 Å². The third-order valence-electron chi connectivity index (χ3n) is 4.47. The number of ether oxygens (including phenoxy) is 1. The predicted molar refractivity (Wildman–Crippen MR) is 99.4 cm³/mol. The van der Waals surface area contributed by atoms with E-state index < -0.39 is 0 Å². The third-order valence-corrected chi connectivity index (χ3v) is 4.47. The molecule has 0 atom stereocenters. The number of rotatable bonds is 5. The molecule has 0 bridgehead atoms. The number of aromatic nitrogens is 2. The van der Waals surface area contributed by atoms with Crippen molar-refractivity contribution in [3.63, 3.8) is 0 Å². The fourth-order valence-electron chi connectivity index (χ4n) is 2.88. The Bertz CT molecular complexity index is 748. The Balaban J connectivity index is 1.38. The van der Waals surface area contributed by atoms with Gasteiger partial charge in [0.2, 0.25) is 5.95 Å². The largest absolute Gasteiger partial charge is 0.445 e. The molecular weight excluding hydrogens is 328 g/mol. The van der Waals surface area contributed by atoms with E-state index in [2.05, 4.69) is 21.2 Å². The quantitative estimate of drug-likeness (QED) is 0.840. The first-order valence-corrected chi connectivity index (χ1v) is 8.73. The van der Waals surface area contributed by atoms with E-state index in [1.165, 1.54) is 0 Å². The van der Waals surface area contributed by atoms with E-state index in [1.807, 2.05) is 24.3 Å². The van der Waals surface area contributed by atoms with E-state index in [4.69, 9.17) is 11.2 Å². The Hall–Kier alpha value is -3.07. The minimum atomic E-state index is -0.260. The minimum absolute atomic E-state index is 0.260. The average molecular weight is 350 g/mol. The van der Waals surface area contributed by atoms with Crippen LogP contribution in [0.2, 0.25) is 0 Å². The Morgan fingerprint density at radius 1 is 1.23 bits per heavy atom. The lowest BCUT2D eigenvalue weighted by Crippen LogP contribution is -2.40. The van der Waals surface area contributed by atoms with Gasteiger partial charge in [0.25, 0.3) is 0 Å². The van der Waals surface area contributed by atoms with Crippen molar-refractivity contribution in [3.8, 4) is 12.3 Å². The lowest BCUT2D eigenvalue weighted by Gasteiger charge is -2.31. The van der Waals surface area contributed by atoms with E-state index in [9.17, 15) is 4.79 Å². The lowest BCUT2D eigenvalue weighted by molar-refractivity contribution is 0.0832. The summed E-state index contributed by atoms with van der Waals surface area (Å²) in [6, 6.07) is 9.24. The van der Waals surface area contributed by atoms with Crippen molar-refractivity contribution in [2.45, 2.75) is 19.4 Å². The number of likely N-dealkylation sites (tertiary alicyclic amines) is 1. The first kappa shape index (κ1) is 17.7. The Morgan fingerprint density at radius 3 is 2.58 bits per heavy atom. The highest BCUT2D eigenvalue weighted by molar-refractivity contribution is 5.67. The van der Waals surface area contributed by atoms with Crippen molar-refractivity contribution in [3.05, 3.63) is 53.9 Å². The molecule has 6 nitrogen and oxygen atoms in total. The molecule has 2 heterocycles. The molecule has 0 spiro atoms. The van der Waals surface area contributed by atoms with Gasteiger partial charge in [0.15, 0.2) is 0 Å². The first-order chi connectivity index (χ1) is 12.7. The van der Waals surface area contributed by atoms with Gasteiger partial charge in [0.05, 0.1) is 0 Å². The van der Waals surface area contributed by atoms with Crippen LogP contribution < -0.4 is 5.32 Å². The highest BCUT2D eigenvalue weighted by Gasteiger charge is 2.23. The van der Waals surface area contributed by atoms with E-state index in [0.717, 1.165) is 30.5 Å². The van der Waals surface area contributed by atoms with Gasteiger partial charge in [0.1, 0.15) is 6.61 Å². The standard InChI is InChI=1S/C20H22N4O2/c1-2-16-4-6-18(7-5-16)15-26-20(25)24-12-8-17(9-13-24)14-23-19-21-10-3-11-22-19/h1,3-7,10-11,17H,8-9,12-15H2,(H,21,22,23). The smallest absolute Gasteiger partial charge is 0.410 e. The molecule has 1 aromatic heterocycles. The zero-order valence-corrected chi connectivity index (χ0v) is 14.6. The molecule has 3 rings (SSSR count). The molecule has 6 heteroatoms. The van der Waals surface area contributed by atoms with Crippen LogP contribution in [0.15, 0.2) is 42.7 Å². The van der Waals surface area contributed by atoms with E-state index in [-0.39, 0.29) is 12.7 Å². The first-order valence-electron chi connectivity index (χ1n) is 8.73. The van der Waals surface area contributed by atoms with Crippen LogP contribution in [0.4, 0.5) is 10.7 Å². The molecule has 1 aromatic carbocycles. The highest BCUT2D eigenvalue weighted by atomic mass is 16.6. The van der Waals surface area contributed by atoms with E-state index >= 15 is 0 Å². The summed E-state index contributed by atoms with van der Waals surface area (Å²) in [5.41, 5.74) is 1.75. The number of benzene rings is 1. The van der Waals surface area contributed by atoms with Crippen LogP contribution in [-0.2, 0) is 11.3 Å². The zero-order chi connectivity index (χ0) is 18.2. The molecule has 1 aliphatic rings. The summed E-state index contributed by atoms with van der Waals surface area (Å²) in [6.45, 7) is 2.48. The van der Waals surface area contributed by atoms with Crippen molar-refractivity contribution in [1.82, 2.24) is 14.9 Å². The van der Waals surface area contributed by atoms with Crippen LogP contribution in [0.1, 0.15) is 24.0 Å². The van der Waals surface area contributed by atoms with Crippen LogP contribution in [0, 0.1) is 18.3 Å². The number of hydrogen-bond donors (Lipinski definition) is 1. The molecule has 2 aromatic rings. The van der Waals surface area contributed by atoms with Crippen LogP contribution in [0.5, 0.6) is 0 Å². The van der Waals surface area contributed by atoms with Crippen molar-refractivity contribution in [1.29, 1.82) is 0 Å². The fraction of sp³-hybridized carbons (Fsp3) is 0.350. The number of nitrogens with one attached hydrogen (secondary N) is 1. The van der Waals surface area contributed by atoms with Crippen molar-refractivity contribution < 1.29 is 9.53 Å². The van der Waals surface area contributed by atoms with Crippen LogP contribution in [0.25, 0.3) is 0 Å². The molecule has 0 unspecified atom stereocenters. The summed E-state index contributed by atoms with van der Waals surface area (Å²) in [6.07, 6.45) is 10.4. The molecule has 0 radical (unpaired) electrons. The Kier molecular flexibility index (Phi) is 6.05. The van der Waals surface area contributed by atoms with Gasteiger partial charge < -0.3 is 15.0 Å². The Morgan fingerprint density at radius 2 is 1.92 bits per heavy atom. The number of nitrogens with zero attached hydrogens (tertiary/aromatic N) is 3. The van der Waals surface area contributed by atoms with Gasteiger partial charge in [0, 0.05) is 37.6 Å². The maximum Gasteiger partial charge on any atom is 0.410 e. The van der Waals surface area contributed by atoms with Gasteiger partial charge in [-0.1, -0.05) is 18.1 Å². The van der Waals surface area contributed by atoms with Gasteiger partial charge >= 0.3 is 6.09 Å². The molecule has 134 valence electrons. The molecule has 1 saturated heterocycles. The van der Waals surface area contributed by atoms with E-state index in [0.29, 0.717) is 25.0 Å². The number of terminal acetylenes is 1. The molecule has 26 heavy (non-hydrogen) atoms. The minimum Gasteiger partial charge on any atom is -0.445 e. The molecule has 1 fully saturated rings.